The first-order valence-electron chi connectivity index (χ1n) is 4.80. The predicted octanol–water partition coefficient (Wildman–Crippen LogP) is 1.94. The molecule has 0 heterocycles. The summed E-state index contributed by atoms with van der Waals surface area (Å²) in [5, 5.41) is 0. The van der Waals surface area contributed by atoms with Crippen molar-refractivity contribution in [2.24, 2.45) is 5.92 Å². The van der Waals surface area contributed by atoms with Crippen LogP contribution in [0.4, 0.5) is 0 Å². The summed E-state index contributed by atoms with van der Waals surface area (Å²) in [7, 11) is 0. The molecule has 0 aliphatic rings. The molecular weight excluding hydrogens is 168 g/mol. The molecule has 0 aromatic heterocycles. The van der Waals surface area contributed by atoms with Gasteiger partial charge >= 0.3 is 5.97 Å². The molecule has 0 rings (SSSR count). The van der Waals surface area contributed by atoms with Crippen LogP contribution >= 0.6 is 0 Å². The Morgan fingerprint density at radius 1 is 1.31 bits per heavy atom. The Bertz CT molecular complexity index is 175. The summed E-state index contributed by atoms with van der Waals surface area (Å²) in [5.41, 5.74) is 0. The van der Waals surface area contributed by atoms with Crippen LogP contribution in [0, 0.1) is 5.92 Å². The van der Waals surface area contributed by atoms with Crippen molar-refractivity contribution in [2.45, 2.75) is 40.0 Å². The van der Waals surface area contributed by atoms with Crippen molar-refractivity contribution in [3.8, 4) is 0 Å². The van der Waals surface area contributed by atoms with Crippen molar-refractivity contribution in [3.05, 3.63) is 0 Å². The molecule has 3 nitrogen and oxygen atoms in total. The van der Waals surface area contributed by atoms with E-state index >= 15 is 0 Å². The van der Waals surface area contributed by atoms with E-state index in [9.17, 15) is 9.59 Å². The largest absolute Gasteiger partial charge is 0.465 e. The lowest BCUT2D eigenvalue weighted by Gasteiger charge is -2.11. The lowest BCUT2D eigenvalue weighted by Crippen LogP contribution is -2.24. The van der Waals surface area contributed by atoms with Crippen molar-refractivity contribution < 1.29 is 14.3 Å². The van der Waals surface area contributed by atoms with E-state index in [2.05, 4.69) is 0 Å². The van der Waals surface area contributed by atoms with E-state index in [-0.39, 0.29) is 11.8 Å². The topological polar surface area (TPSA) is 43.4 Å². The van der Waals surface area contributed by atoms with Crippen LogP contribution in [-0.2, 0) is 14.3 Å². The van der Waals surface area contributed by atoms with E-state index in [1.807, 2.05) is 6.92 Å². The van der Waals surface area contributed by atoms with Gasteiger partial charge in [0.25, 0.3) is 0 Å². The summed E-state index contributed by atoms with van der Waals surface area (Å²) in [6.45, 7) is 5.56. The second-order valence-electron chi connectivity index (χ2n) is 3.06. The molecule has 0 aromatic carbocycles. The van der Waals surface area contributed by atoms with Gasteiger partial charge < -0.3 is 4.74 Å². The first kappa shape index (κ1) is 12.1. The average Bonchev–Trinajstić information content (AvgIpc) is 2.05. The van der Waals surface area contributed by atoms with Gasteiger partial charge in [0, 0.05) is 0 Å². The van der Waals surface area contributed by atoms with Crippen molar-refractivity contribution in [3.63, 3.8) is 0 Å². The van der Waals surface area contributed by atoms with Crippen molar-refractivity contribution in [1.82, 2.24) is 0 Å². The van der Waals surface area contributed by atoms with Gasteiger partial charge in [-0.3, -0.25) is 9.59 Å². The molecule has 0 unspecified atom stereocenters. The van der Waals surface area contributed by atoms with Gasteiger partial charge in [-0.1, -0.05) is 19.8 Å². The van der Waals surface area contributed by atoms with Crippen LogP contribution in [0.3, 0.4) is 0 Å². The molecular formula is C10H18O3. The molecule has 0 N–H and O–H groups in total. The molecule has 0 saturated heterocycles. The molecule has 0 aliphatic carbocycles. The van der Waals surface area contributed by atoms with Gasteiger partial charge in [-0.25, -0.2) is 0 Å². The summed E-state index contributed by atoms with van der Waals surface area (Å²) >= 11 is 0. The number of rotatable bonds is 6. The highest BCUT2D eigenvalue weighted by Gasteiger charge is 2.23. The quantitative estimate of drug-likeness (QED) is 0.470. The highest BCUT2D eigenvalue weighted by atomic mass is 16.5. The smallest absolute Gasteiger partial charge is 0.316 e. The number of ketones is 1. The number of esters is 1. The van der Waals surface area contributed by atoms with Gasteiger partial charge in [0.1, 0.15) is 11.7 Å². The zero-order valence-electron chi connectivity index (χ0n) is 8.63. The Morgan fingerprint density at radius 2 is 1.92 bits per heavy atom. The zero-order chi connectivity index (χ0) is 10.3. The molecule has 13 heavy (non-hydrogen) atoms. The number of Topliss-reactive ketones (excluding diaryl/α,β-unsaturated/α-hetero) is 1. The molecule has 0 radical (unpaired) electrons. The molecule has 0 aliphatic heterocycles. The Balaban J connectivity index is 4.07. The number of unbranched alkanes of at least 4 members (excludes halogenated alkanes) is 1. The average molecular weight is 186 g/mol. The van der Waals surface area contributed by atoms with Crippen molar-refractivity contribution in [2.75, 3.05) is 6.61 Å². The SMILES string of the molecule is CCCC[C@H](C(C)=O)C(=O)OCC. The van der Waals surface area contributed by atoms with Gasteiger partial charge in [-0.05, 0) is 20.3 Å². The van der Waals surface area contributed by atoms with Crippen LogP contribution in [-0.4, -0.2) is 18.4 Å². The molecule has 1 atom stereocenters. The van der Waals surface area contributed by atoms with Gasteiger partial charge in [0.15, 0.2) is 0 Å². The fourth-order valence-electron chi connectivity index (χ4n) is 1.14. The van der Waals surface area contributed by atoms with Crippen LogP contribution in [0.15, 0.2) is 0 Å². The lowest BCUT2D eigenvalue weighted by atomic mass is 9.98. The van der Waals surface area contributed by atoms with Gasteiger partial charge in [0.05, 0.1) is 6.61 Å². The Labute approximate surface area is 79.5 Å². The fourth-order valence-corrected chi connectivity index (χ4v) is 1.14. The lowest BCUT2D eigenvalue weighted by molar-refractivity contribution is -0.151. The maximum absolute atomic E-state index is 11.2. The first-order valence-corrected chi connectivity index (χ1v) is 4.80. The fraction of sp³-hybridized carbons (Fsp3) is 0.800. The highest BCUT2D eigenvalue weighted by Crippen LogP contribution is 2.11. The van der Waals surface area contributed by atoms with Crippen molar-refractivity contribution in [1.29, 1.82) is 0 Å². The van der Waals surface area contributed by atoms with E-state index in [1.165, 1.54) is 6.92 Å². The zero-order valence-corrected chi connectivity index (χ0v) is 8.63. The number of carbonyl (C=O) groups excluding carboxylic acids is 2. The third-order valence-electron chi connectivity index (χ3n) is 1.91. The monoisotopic (exact) mass is 186 g/mol. The second-order valence-corrected chi connectivity index (χ2v) is 3.06. The Hall–Kier alpha value is -0.860. The summed E-state index contributed by atoms with van der Waals surface area (Å²) < 4.78 is 4.80. The second kappa shape index (κ2) is 6.63. The molecule has 0 spiro atoms. The summed E-state index contributed by atoms with van der Waals surface area (Å²) in [6.07, 6.45) is 2.50. The minimum atomic E-state index is -0.542. The van der Waals surface area contributed by atoms with Gasteiger partial charge in [-0.2, -0.15) is 0 Å². The van der Waals surface area contributed by atoms with Crippen LogP contribution in [0.1, 0.15) is 40.0 Å². The van der Waals surface area contributed by atoms with Crippen LogP contribution in [0.5, 0.6) is 0 Å². The summed E-state index contributed by atoms with van der Waals surface area (Å²) in [4.78, 5) is 22.3. The van der Waals surface area contributed by atoms with Gasteiger partial charge in [-0.15, -0.1) is 0 Å². The predicted molar refractivity (Wildman–Crippen MR) is 50.3 cm³/mol. The third-order valence-corrected chi connectivity index (χ3v) is 1.91. The van der Waals surface area contributed by atoms with E-state index in [0.717, 1.165) is 12.8 Å². The van der Waals surface area contributed by atoms with E-state index in [1.54, 1.807) is 6.92 Å². The van der Waals surface area contributed by atoms with E-state index in [0.29, 0.717) is 13.0 Å². The van der Waals surface area contributed by atoms with Crippen LogP contribution < -0.4 is 0 Å². The highest BCUT2D eigenvalue weighted by molar-refractivity contribution is 5.97. The minimum Gasteiger partial charge on any atom is -0.465 e. The Morgan fingerprint density at radius 3 is 2.31 bits per heavy atom. The molecule has 0 bridgehead atoms. The van der Waals surface area contributed by atoms with E-state index < -0.39 is 5.92 Å². The minimum absolute atomic E-state index is 0.0908. The summed E-state index contributed by atoms with van der Waals surface area (Å²) in [6, 6.07) is 0. The standard InChI is InChI=1S/C10H18O3/c1-4-6-7-9(8(3)11)10(12)13-5-2/h9H,4-7H2,1-3H3/t9-/m1/s1. The first-order chi connectivity index (χ1) is 6.13. The maximum atomic E-state index is 11.2. The third kappa shape index (κ3) is 4.65. The number of carbonyl (C=O) groups is 2. The van der Waals surface area contributed by atoms with Crippen LogP contribution in [0.2, 0.25) is 0 Å². The molecule has 3 heteroatoms. The number of hydrogen-bond acceptors (Lipinski definition) is 3. The van der Waals surface area contributed by atoms with Crippen LogP contribution in [0.25, 0.3) is 0 Å². The number of ether oxygens (including phenoxy) is 1. The normalized spacial score (nSPS) is 12.2. The summed E-state index contributed by atoms with van der Waals surface area (Å²) in [5.74, 6) is -1.00. The molecule has 0 aromatic rings. The van der Waals surface area contributed by atoms with Crippen molar-refractivity contribution >= 4 is 11.8 Å². The maximum Gasteiger partial charge on any atom is 0.316 e. The van der Waals surface area contributed by atoms with E-state index in [4.69, 9.17) is 4.74 Å². The van der Waals surface area contributed by atoms with Gasteiger partial charge in [0.2, 0.25) is 0 Å². The molecule has 0 amide bonds. The molecule has 0 fully saturated rings. The Kier molecular flexibility index (Phi) is 6.20. The molecule has 0 saturated carbocycles. The number of hydrogen-bond donors (Lipinski definition) is 0. The molecule has 76 valence electrons.